The van der Waals surface area contributed by atoms with Gasteiger partial charge in [0.05, 0.1) is 6.10 Å². The number of aliphatic hydroxyl groups is 1. The molecule has 1 aromatic rings. The fraction of sp³-hybridized carbons (Fsp3) is 0.786. The first-order chi connectivity index (χ1) is 9.90. The van der Waals surface area contributed by atoms with Gasteiger partial charge in [-0.3, -0.25) is 0 Å². The second kappa shape index (κ2) is 8.09. The molecule has 2 heterocycles. The Balaban J connectivity index is 0.00000242. The van der Waals surface area contributed by atoms with E-state index in [2.05, 4.69) is 25.3 Å². The van der Waals surface area contributed by atoms with Crippen LogP contribution in [0.3, 0.4) is 0 Å². The van der Waals surface area contributed by atoms with E-state index in [0.717, 1.165) is 25.5 Å². The smallest absolute Gasteiger partial charge is 0.232 e. The van der Waals surface area contributed by atoms with Crippen LogP contribution in [0.1, 0.15) is 45.8 Å². The first-order valence-electron chi connectivity index (χ1n) is 7.44. The number of guanidine groups is 1. The van der Waals surface area contributed by atoms with Gasteiger partial charge >= 0.3 is 0 Å². The summed E-state index contributed by atoms with van der Waals surface area (Å²) < 4.78 is 5.26. The molecule has 0 aliphatic carbocycles. The molecule has 8 heteroatoms. The third-order valence-corrected chi connectivity index (χ3v) is 3.28. The van der Waals surface area contributed by atoms with Crippen LogP contribution in [0.25, 0.3) is 0 Å². The molecule has 0 bridgehead atoms. The summed E-state index contributed by atoms with van der Waals surface area (Å²) in [7, 11) is 0. The van der Waals surface area contributed by atoms with E-state index >= 15 is 0 Å². The van der Waals surface area contributed by atoms with Gasteiger partial charge in [0.1, 0.15) is 6.54 Å². The average molecular weight is 423 g/mol. The predicted octanol–water partition coefficient (Wildman–Crippen LogP) is 1.52. The third-order valence-electron chi connectivity index (χ3n) is 3.28. The quantitative estimate of drug-likeness (QED) is 0.436. The molecule has 1 aliphatic rings. The number of aliphatic hydroxyl groups excluding tert-OH is 1. The Bertz CT molecular complexity index is 498. The van der Waals surface area contributed by atoms with Crippen molar-refractivity contribution >= 4 is 29.9 Å². The van der Waals surface area contributed by atoms with Gasteiger partial charge in [-0.25, -0.2) is 4.99 Å². The number of nitrogens with one attached hydrogen (secondary N) is 1. The first-order valence-corrected chi connectivity index (χ1v) is 7.44. The Morgan fingerprint density at radius 3 is 2.73 bits per heavy atom. The maximum atomic E-state index is 9.63. The SMILES string of the molecule is CCNC(=NCc1noc(C(C)(C)C)n1)N1CC[C@@H](O)C1.I. The van der Waals surface area contributed by atoms with Gasteiger partial charge in [-0.05, 0) is 13.3 Å². The fourth-order valence-electron chi connectivity index (χ4n) is 2.13. The van der Waals surface area contributed by atoms with Gasteiger partial charge in [0.25, 0.3) is 0 Å². The molecule has 0 radical (unpaired) electrons. The molecule has 1 saturated heterocycles. The lowest BCUT2D eigenvalue weighted by Gasteiger charge is -2.20. The Morgan fingerprint density at radius 1 is 1.50 bits per heavy atom. The highest BCUT2D eigenvalue weighted by Crippen LogP contribution is 2.19. The molecule has 1 fully saturated rings. The van der Waals surface area contributed by atoms with Crippen LogP contribution < -0.4 is 5.32 Å². The highest BCUT2D eigenvalue weighted by molar-refractivity contribution is 14.0. The van der Waals surface area contributed by atoms with E-state index in [9.17, 15) is 5.11 Å². The van der Waals surface area contributed by atoms with Crippen LogP contribution in [0.2, 0.25) is 0 Å². The van der Waals surface area contributed by atoms with Crippen molar-refractivity contribution in [2.75, 3.05) is 19.6 Å². The largest absolute Gasteiger partial charge is 0.391 e. The summed E-state index contributed by atoms with van der Waals surface area (Å²) in [6, 6.07) is 0. The van der Waals surface area contributed by atoms with Crippen molar-refractivity contribution in [3.8, 4) is 0 Å². The Hall–Kier alpha value is -0.900. The molecule has 2 rings (SSSR count). The number of aliphatic imine (C=N–C) groups is 1. The fourth-order valence-corrected chi connectivity index (χ4v) is 2.13. The minimum Gasteiger partial charge on any atom is -0.391 e. The van der Waals surface area contributed by atoms with Crippen molar-refractivity contribution in [2.24, 2.45) is 4.99 Å². The Kier molecular flexibility index (Phi) is 7.04. The number of β-amino-alcohol motifs (C(OH)–C–C–N with tert-alkyl or cyclic N) is 1. The lowest BCUT2D eigenvalue weighted by Crippen LogP contribution is -2.40. The normalized spacial score (nSPS) is 19.2. The molecule has 1 aliphatic heterocycles. The van der Waals surface area contributed by atoms with E-state index < -0.39 is 0 Å². The van der Waals surface area contributed by atoms with Gasteiger partial charge in [-0.1, -0.05) is 25.9 Å². The molecule has 2 N–H and O–H groups in total. The molecule has 0 saturated carbocycles. The molecule has 0 spiro atoms. The highest BCUT2D eigenvalue weighted by atomic mass is 127. The predicted molar refractivity (Wildman–Crippen MR) is 95.4 cm³/mol. The van der Waals surface area contributed by atoms with E-state index in [0.29, 0.717) is 24.8 Å². The molecular weight excluding hydrogens is 397 g/mol. The van der Waals surface area contributed by atoms with Gasteiger partial charge in [-0.2, -0.15) is 4.98 Å². The minimum atomic E-state index is -0.272. The number of aromatic nitrogens is 2. The molecule has 1 atom stereocenters. The van der Waals surface area contributed by atoms with Gasteiger partial charge < -0.3 is 19.8 Å². The van der Waals surface area contributed by atoms with Crippen molar-refractivity contribution in [3.05, 3.63) is 11.7 Å². The van der Waals surface area contributed by atoms with Crippen LogP contribution in [0.5, 0.6) is 0 Å². The van der Waals surface area contributed by atoms with E-state index in [-0.39, 0.29) is 35.5 Å². The lowest BCUT2D eigenvalue weighted by molar-refractivity contribution is 0.188. The Labute approximate surface area is 148 Å². The van der Waals surface area contributed by atoms with Gasteiger partial charge in [0.2, 0.25) is 5.89 Å². The highest BCUT2D eigenvalue weighted by Gasteiger charge is 2.24. The van der Waals surface area contributed by atoms with Gasteiger partial charge in [0, 0.05) is 25.0 Å². The standard InChI is InChI=1S/C14H25N5O2.HI/c1-5-15-13(19-7-6-10(20)9-19)16-8-11-17-12(21-18-11)14(2,3)4;/h10,20H,5-9H2,1-4H3,(H,15,16);1H/t10-;/m1./s1. The molecule has 0 unspecified atom stereocenters. The molecule has 126 valence electrons. The number of rotatable bonds is 3. The number of likely N-dealkylation sites (tertiary alicyclic amines) is 1. The van der Waals surface area contributed by atoms with Crippen molar-refractivity contribution < 1.29 is 9.63 Å². The molecule has 7 nitrogen and oxygen atoms in total. The first kappa shape index (κ1) is 19.1. The second-order valence-corrected chi connectivity index (χ2v) is 6.32. The summed E-state index contributed by atoms with van der Waals surface area (Å²) in [5.74, 6) is 1.99. The van der Waals surface area contributed by atoms with E-state index in [1.165, 1.54) is 0 Å². The molecule has 1 aromatic heterocycles. The number of nitrogens with zero attached hydrogens (tertiary/aromatic N) is 4. The van der Waals surface area contributed by atoms with E-state index in [4.69, 9.17) is 4.52 Å². The number of hydrogen-bond acceptors (Lipinski definition) is 5. The van der Waals surface area contributed by atoms with E-state index in [1.807, 2.05) is 27.7 Å². The maximum Gasteiger partial charge on any atom is 0.232 e. The summed E-state index contributed by atoms with van der Waals surface area (Å²) in [5.41, 5.74) is -0.154. The summed E-state index contributed by atoms with van der Waals surface area (Å²) in [5, 5.41) is 16.8. The summed E-state index contributed by atoms with van der Waals surface area (Å²) in [6.45, 7) is 10.7. The van der Waals surface area contributed by atoms with Crippen LogP contribution in [0, 0.1) is 0 Å². The monoisotopic (exact) mass is 423 g/mol. The summed E-state index contributed by atoms with van der Waals surface area (Å²) >= 11 is 0. The van der Waals surface area contributed by atoms with Gasteiger partial charge in [0.15, 0.2) is 11.8 Å². The molecule has 22 heavy (non-hydrogen) atoms. The van der Waals surface area contributed by atoms with Crippen molar-refractivity contribution in [3.63, 3.8) is 0 Å². The zero-order valence-corrected chi connectivity index (χ0v) is 16.0. The lowest BCUT2D eigenvalue weighted by atomic mass is 9.97. The zero-order chi connectivity index (χ0) is 15.5. The Morgan fingerprint density at radius 2 is 2.23 bits per heavy atom. The van der Waals surface area contributed by atoms with Crippen LogP contribution in [0.15, 0.2) is 9.52 Å². The summed E-state index contributed by atoms with van der Waals surface area (Å²) in [6.07, 6.45) is 0.507. The van der Waals surface area contributed by atoms with Crippen LogP contribution in [-0.2, 0) is 12.0 Å². The van der Waals surface area contributed by atoms with Crippen molar-refractivity contribution in [2.45, 2.75) is 52.2 Å². The average Bonchev–Trinajstić information content (AvgIpc) is 3.02. The molecule has 0 amide bonds. The number of halogens is 1. The molecular formula is C14H26IN5O2. The van der Waals surface area contributed by atoms with Crippen molar-refractivity contribution in [1.29, 1.82) is 0 Å². The van der Waals surface area contributed by atoms with Crippen LogP contribution in [-0.4, -0.2) is 51.8 Å². The number of hydrogen-bond donors (Lipinski definition) is 2. The van der Waals surface area contributed by atoms with Gasteiger partial charge in [-0.15, -0.1) is 24.0 Å². The second-order valence-electron chi connectivity index (χ2n) is 6.32. The molecule has 0 aromatic carbocycles. The topological polar surface area (TPSA) is 86.8 Å². The maximum absolute atomic E-state index is 9.63. The van der Waals surface area contributed by atoms with Crippen LogP contribution >= 0.6 is 24.0 Å². The summed E-state index contributed by atoms with van der Waals surface area (Å²) in [4.78, 5) is 11.0. The van der Waals surface area contributed by atoms with Crippen LogP contribution in [0.4, 0.5) is 0 Å². The minimum absolute atomic E-state index is 0. The third kappa shape index (κ3) is 5.08. The van der Waals surface area contributed by atoms with E-state index in [1.54, 1.807) is 0 Å². The zero-order valence-electron chi connectivity index (χ0n) is 13.7. The van der Waals surface area contributed by atoms with Crippen molar-refractivity contribution in [1.82, 2.24) is 20.4 Å².